The SMILES string of the molecule is Cc1ccc(C(=O)Oc2cc(=O)n(-c3ccccc3)c3c2CCCC3)cc1. The average Bonchev–Trinajstić information content (AvgIpc) is 2.69. The van der Waals surface area contributed by atoms with Gasteiger partial charge in [0.2, 0.25) is 0 Å². The Morgan fingerprint density at radius 2 is 1.67 bits per heavy atom. The minimum Gasteiger partial charge on any atom is -0.422 e. The van der Waals surface area contributed by atoms with Crippen molar-refractivity contribution in [2.24, 2.45) is 0 Å². The highest BCUT2D eigenvalue weighted by atomic mass is 16.5. The zero-order valence-corrected chi connectivity index (χ0v) is 15.3. The molecule has 2 aromatic carbocycles. The molecule has 4 heteroatoms. The van der Waals surface area contributed by atoms with Crippen molar-refractivity contribution in [1.29, 1.82) is 0 Å². The summed E-state index contributed by atoms with van der Waals surface area (Å²) in [6.07, 6.45) is 3.65. The van der Waals surface area contributed by atoms with Crippen LogP contribution in [0.2, 0.25) is 0 Å². The summed E-state index contributed by atoms with van der Waals surface area (Å²) >= 11 is 0. The van der Waals surface area contributed by atoms with E-state index in [1.54, 1.807) is 16.7 Å². The fourth-order valence-corrected chi connectivity index (χ4v) is 3.60. The third-order valence-corrected chi connectivity index (χ3v) is 4.99. The molecule has 1 heterocycles. The normalized spacial score (nSPS) is 13.1. The van der Waals surface area contributed by atoms with Gasteiger partial charge in [-0.05, 0) is 56.9 Å². The molecule has 0 saturated heterocycles. The second-order valence-corrected chi connectivity index (χ2v) is 6.91. The molecule has 0 atom stereocenters. The molecule has 1 aliphatic rings. The molecule has 0 N–H and O–H groups in total. The van der Waals surface area contributed by atoms with Crippen LogP contribution in [0.1, 0.15) is 40.0 Å². The second kappa shape index (κ2) is 7.23. The zero-order valence-electron chi connectivity index (χ0n) is 15.3. The number of para-hydroxylation sites is 1. The van der Waals surface area contributed by atoms with Gasteiger partial charge in [0, 0.05) is 23.0 Å². The first-order chi connectivity index (χ1) is 13.1. The predicted molar refractivity (Wildman–Crippen MR) is 105 cm³/mol. The van der Waals surface area contributed by atoms with Gasteiger partial charge in [-0.3, -0.25) is 9.36 Å². The highest BCUT2D eigenvalue weighted by Crippen LogP contribution is 2.30. The molecule has 0 bridgehead atoms. The smallest absolute Gasteiger partial charge is 0.343 e. The molecule has 4 nitrogen and oxygen atoms in total. The summed E-state index contributed by atoms with van der Waals surface area (Å²) < 4.78 is 7.41. The molecule has 4 rings (SSSR count). The van der Waals surface area contributed by atoms with Crippen molar-refractivity contribution in [3.63, 3.8) is 0 Å². The number of benzene rings is 2. The van der Waals surface area contributed by atoms with Gasteiger partial charge in [-0.25, -0.2) is 4.79 Å². The average molecular weight is 359 g/mol. The Labute approximate surface area is 158 Å². The van der Waals surface area contributed by atoms with Crippen molar-refractivity contribution >= 4 is 5.97 Å². The van der Waals surface area contributed by atoms with Crippen LogP contribution in [0.4, 0.5) is 0 Å². The maximum absolute atomic E-state index is 12.8. The predicted octanol–water partition coefficient (Wildman–Crippen LogP) is 4.24. The summed E-state index contributed by atoms with van der Waals surface area (Å²) in [7, 11) is 0. The van der Waals surface area contributed by atoms with Crippen LogP contribution in [0, 0.1) is 6.92 Å². The van der Waals surface area contributed by atoms with Crippen LogP contribution < -0.4 is 10.3 Å². The molecule has 0 fully saturated rings. The van der Waals surface area contributed by atoms with E-state index in [2.05, 4.69) is 0 Å². The van der Waals surface area contributed by atoms with Gasteiger partial charge in [-0.1, -0.05) is 35.9 Å². The van der Waals surface area contributed by atoms with Crippen LogP contribution in [-0.4, -0.2) is 10.5 Å². The van der Waals surface area contributed by atoms with E-state index < -0.39 is 5.97 Å². The Hall–Kier alpha value is -3.14. The monoisotopic (exact) mass is 359 g/mol. The summed E-state index contributed by atoms with van der Waals surface area (Å²) in [6.45, 7) is 1.97. The standard InChI is InChI=1S/C23H21NO3/c1-16-11-13-17(14-12-16)23(26)27-21-15-22(25)24(18-7-3-2-4-8-18)20-10-6-5-9-19(20)21/h2-4,7-8,11-15H,5-6,9-10H2,1H3. The third kappa shape index (κ3) is 3.43. The molecule has 1 aliphatic carbocycles. The minimum absolute atomic E-state index is 0.173. The summed E-state index contributed by atoms with van der Waals surface area (Å²) in [5, 5.41) is 0. The van der Waals surface area contributed by atoms with E-state index in [-0.39, 0.29) is 5.56 Å². The lowest BCUT2D eigenvalue weighted by atomic mass is 9.94. The first-order valence-corrected chi connectivity index (χ1v) is 9.25. The lowest BCUT2D eigenvalue weighted by Gasteiger charge is -2.23. The van der Waals surface area contributed by atoms with Crippen molar-refractivity contribution in [2.75, 3.05) is 0 Å². The Balaban J connectivity index is 1.76. The highest BCUT2D eigenvalue weighted by molar-refractivity contribution is 5.91. The molecule has 1 aromatic heterocycles. The molecule has 0 saturated carbocycles. The maximum Gasteiger partial charge on any atom is 0.343 e. The van der Waals surface area contributed by atoms with Gasteiger partial charge >= 0.3 is 5.97 Å². The number of esters is 1. The number of aryl methyl sites for hydroxylation is 1. The summed E-state index contributed by atoms with van der Waals surface area (Å²) in [4.78, 5) is 25.4. The fourth-order valence-electron chi connectivity index (χ4n) is 3.60. The Kier molecular flexibility index (Phi) is 4.63. The molecule has 0 aliphatic heterocycles. The van der Waals surface area contributed by atoms with Crippen molar-refractivity contribution in [3.05, 3.63) is 93.4 Å². The molecular weight excluding hydrogens is 338 g/mol. The van der Waals surface area contributed by atoms with E-state index in [9.17, 15) is 9.59 Å². The first kappa shape index (κ1) is 17.3. The summed E-state index contributed by atoms with van der Waals surface area (Å²) in [5.41, 5.74) is 4.15. The molecule has 0 unspecified atom stereocenters. The van der Waals surface area contributed by atoms with Gasteiger partial charge in [0.05, 0.1) is 5.56 Å². The molecule has 0 amide bonds. The number of fused-ring (bicyclic) bond motifs is 1. The molecule has 136 valence electrons. The Morgan fingerprint density at radius 1 is 0.963 bits per heavy atom. The number of carbonyl (C=O) groups is 1. The van der Waals surface area contributed by atoms with Crippen LogP contribution in [-0.2, 0) is 12.8 Å². The number of ether oxygens (including phenoxy) is 1. The van der Waals surface area contributed by atoms with Crippen molar-refractivity contribution in [3.8, 4) is 11.4 Å². The van der Waals surface area contributed by atoms with E-state index in [0.717, 1.165) is 48.2 Å². The highest BCUT2D eigenvalue weighted by Gasteiger charge is 2.22. The van der Waals surface area contributed by atoms with Crippen LogP contribution in [0.5, 0.6) is 5.75 Å². The molecule has 3 aromatic rings. The minimum atomic E-state index is -0.431. The number of hydrogen-bond donors (Lipinski definition) is 0. The summed E-state index contributed by atoms with van der Waals surface area (Å²) in [5.74, 6) is -0.0351. The number of carbonyl (C=O) groups excluding carboxylic acids is 1. The maximum atomic E-state index is 12.8. The number of pyridine rings is 1. The largest absolute Gasteiger partial charge is 0.422 e. The number of rotatable bonds is 3. The van der Waals surface area contributed by atoms with Gasteiger partial charge in [-0.15, -0.1) is 0 Å². The van der Waals surface area contributed by atoms with Gasteiger partial charge in [0.1, 0.15) is 5.75 Å². The third-order valence-electron chi connectivity index (χ3n) is 4.99. The van der Waals surface area contributed by atoms with E-state index in [4.69, 9.17) is 4.74 Å². The van der Waals surface area contributed by atoms with Gasteiger partial charge in [0.25, 0.3) is 5.56 Å². The lowest BCUT2D eigenvalue weighted by molar-refractivity contribution is 0.0732. The topological polar surface area (TPSA) is 48.3 Å². The number of hydrogen-bond acceptors (Lipinski definition) is 3. The van der Waals surface area contributed by atoms with Crippen LogP contribution in [0.15, 0.2) is 65.5 Å². The second-order valence-electron chi connectivity index (χ2n) is 6.91. The van der Waals surface area contributed by atoms with Gasteiger partial charge in [-0.2, -0.15) is 0 Å². The van der Waals surface area contributed by atoms with Crippen molar-refractivity contribution in [2.45, 2.75) is 32.6 Å². The van der Waals surface area contributed by atoms with Gasteiger partial charge in [0.15, 0.2) is 0 Å². The van der Waals surface area contributed by atoms with Crippen LogP contribution in [0.3, 0.4) is 0 Å². The molecule has 27 heavy (non-hydrogen) atoms. The number of aromatic nitrogens is 1. The first-order valence-electron chi connectivity index (χ1n) is 9.25. The lowest BCUT2D eigenvalue weighted by Crippen LogP contribution is -2.26. The van der Waals surface area contributed by atoms with Crippen molar-refractivity contribution in [1.82, 2.24) is 4.57 Å². The van der Waals surface area contributed by atoms with Crippen LogP contribution in [0.25, 0.3) is 5.69 Å². The molecule has 0 radical (unpaired) electrons. The Bertz CT molecular complexity index is 1030. The zero-order chi connectivity index (χ0) is 18.8. The van der Waals surface area contributed by atoms with E-state index in [0.29, 0.717) is 11.3 Å². The van der Waals surface area contributed by atoms with Crippen LogP contribution >= 0.6 is 0 Å². The fraction of sp³-hybridized carbons (Fsp3) is 0.217. The Morgan fingerprint density at radius 3 is 2.41 bits per heavy atom. The van der Waals surface area contributed by atoms with E-state index >= 15 is 0 Å². The molecule has 0 spiro atoms. The van der Waals surface area contributed by atoms with E-state index in [1.165, 1.54) is 6.07 Å². The van der Waals surface area contributed by atoms with Gasteiger partial charge < -0.3 is 4.74 Å². The molecular formula is C23H21NO3. The quantitative estimate of drug-likeness (QED) is 0.657. The number of nitrogens with zero attached hydrogens (tertiary/aromatic N) is 1. The van der Waals surface area contributed by atoms with E-state index in [1.807, 2.05) is 49.4 Å². The van der Waals surface area contributed by atoms with Crippen molar-refractivity contribution < 1.29 is 9.53 Å². The summed E-state index contributed by atoms with van der Waals surface area (Å²) in [6, 6.07) is 18.3.